The first-order valence-electron chi connectivity index (χ1n) is 10.5. The summed E-state index contributed by atoms with van der Waals surface area (Å²) in [7, 11) is 2.06. The summed E-state index contributed by atoms with van der Waals surface area (Å²) in [4.78, 5) is 26.5. The normalized spacial score (nSPS) is 13.1. The Labute approximate surface area is 174 Å². The van der Waals surface area contributed by atoms with Crippen molar-refractivity contribution in [2.45, 2.75) is 45.6 Å². The second-order valence-electron chi connectivity index (χ2n) is 7.94. The SMILES string of the molecule is CCCCNCc1cc2c3c(ccc2n1C)-c1[nH]c(=O)c(C(=O)O)c(O)c1CCC3. The molecule has 0 saturated heterocycles. The smallest absolute Gasteiger partial charge is 0.345 e. The molecule has 1 aliphatic carbocycles. The Morgan fingerprint density at radius 3 is 2.77 bits per heavy atom. The molecule has 0 aliphatic heterocycles. The molecule has 158 valence electrons. The van der Waals surface area contributed by atoms with E-state index in [0.29, 0.717) is 17.7 Å². The highest BCUT2D eigenvalue weighted by Gasteiger charge is 2.26. The number of H-pyrrole nitrogens is 1. The third kappa shape index (κ3) is 3.29. The molecule has 0 fully saturated rings. The van der Waals surface area contributed by atoms with Crippen LogP contribution in [-0.2, 0) is 26.4 Å². The summed E-state index contributed by atoms with van der Waals surface area (Å²) >= 11 is 0. The number of hydrogen-bond acceptors (Lipinski definition) is 4. The maximum absolute atomic E-state index is 12.4. The maximum atomic E-state index is 12.4. The molecular weight excluding hydrogens is 382 g/mol. The second-order valence-corrected chi connectivity index (χ2v) is 7.94. The molecule has 7 nitrogen and oxygen atoms in total. The van der Waals surface area contributed by atoms with Crippen molar-refractivity contribution in [1.82, 2.24) is 14.9 Å². The quantitative estimate of drug-likeness (QED) is 0.467. The van der Waals surface area contributed by atoms with Gasteiger partial charge < -0.3 is 25.1 Å². The summed E-state index contributed by atoms with van der Waals surface area (Å²) in [6.07, 6.45) is 4.36. The minimum atomic E-state index is -1.42. The number of carbonyl (C=O) groups is 1. The molecule has 2 aromatic heterocycles. The number of carboxylic acids is 1. The zero-order chi connectivity index (χ0) is 21.4. The van der Waals surface area contributed by atoms with Crippen LogP contribution in [0.15, 0.2) is 23.0 Å². The largest absolute Gasteiger partial charge is 0.506 e. The van der Waals surface area contributed by atoms with Crippen LogP contribution in [0.4, 0.5) is 0 Å². The number of aromatic hydroxyl groups is 1. The highest BCUT2D eigenvalue weighted by Crippen LogP contribution is 2.39. The third-order valence-corrected chi connectivity index (χ3v) is 6.08. The van der Waals surface area contributed by atoms with E-state index in [1.807, 2.05) is 12.1 Å². The van der Waals surface area contributed by atoms with Crippen molar-refractivity contribution in [2.75, 3.05) is 6.54 Å². The van der Waals surface area contributed by atoms with E-state index in [4.69, 9.17) is 0 Å². The molecule has 1 aromatic carbocycles. The highest BCUT2D eigenvalue weighted by atomic mass is 16.4. The van der Waals surface area contributed by atoms with Crippen LogP contribution < -0.4 is 10.9 Å². The molecule has 0 saturated carbocycles. The minimum Gasteiger partial charge on any atom is -0.506 e. The molecule has 7 heteroatoms. The van der Waals surface area contributed by atoms with Crippen LogP contribution in [0.2, 0.25) is 0 Å². The molecule has 0 unspecified atom stereocenters. The van der Waals surface area contributed by atoms with Gasteiger partial charge in [0.15, 0.2) is 5.56 Å². The molecule has 30 heavy (non-hydrogen) atoms. The van der Waals surface area contributed by atoms with E-state index in [1.165, 1.54) is 5.69 Å². The summed E-state index contributed by atoms with van der Waals surface area (Å²) in [6.45, 7) is 3.94. The standard InChI is InChI=1S/C23H27N3O4/c1-3-4-10-24-12-13-11-17-14-6-5-7-16-20(15(14)8-9-18(17)26(13)2)25-22(28)19(21(16)27)23(29)30/h8-9,11,24H,3-7,10,12H2,1-2H3,(H,29,30)(H2,25,27,28). The van der Waals surface area contributed by atoms with Gasteiger partial charge >= 0.3 is 5.97 Å². The predicted molar refractivity (Wildman–Crippen MR) is 116 cm³/mol. The number of aromatic nitrogens is 2. The van der Waals surface area contributed by atoms with Gasteiger partial charge in [-0.3, -0.25) is 4.79 Å². The molecule has 0 atom stereocenters. The molecule has 4 N–H and O–H groups in total. The number of carboxylic acid groups (broad SMARTS) is 1. The number of aryl methyl sites for hydroxylation is 2. The van der Waals surface area contributed by atoms with Gasteiger partial charge in [-0.1, -0.05) is 19.4 Å². The Hall–Kier alpha value is -3.06. The maximum Gasteiger partial charge on any atom is 0.345 e. The zero-order valence-electron chi connectivity index (χ0n) is 17.3. The molecule has 0 bridgehead atoms. The number of pyridine rings is 1. The monoisotopic (exact) mass is 409 g/mol. The lowest BCUT2D eigenvalue weighted by Gasteiger charge is -2.13. The highest BCUT2D eigenvalue weighted by molar-refractivity contribution is 5.94. The Morgan fingerprint density at radius 2 is 2.03 bits per heavy atom. The van der Waals surface area contributed by atoms with Gasteiger partial charge in [0.05, 0.1) is 5.69 Å². The lowest BCUT2D eigenvalue weighted by Crippen LogP contribution is -2.20. The first-order valence-corrected chi connectivity index (χ1v) is 10.5. The van der Waals surface area contributed by atoms with Crippen molar-refractivity contribution in [3.05, 3.63) is 50.9 Å². The van der Waals surface area contributed by atoms with Crippen LogP contribution >= 0.6 is 0 Å². The predicted octanol–water partition coefficient (Wildman–Crippen LogP) is 3.32. The third-order valence-electron chi connectivity index (χ3n) is 6.08. The second kappa shape index (κ2) is 7.99. The zero-order valence-corrected chi connectivity index (χ0v) is 17.3. The number of aromatic amines is 1. The van der Waals surface area contributed by atoms with E-state index in [-0.39, 0.29) is 0 Å². The van der Waals surface area contributed by atoms with Crippen LogP contribution in [0.25, 0.3) is 22.2 Å². The molecule has 2 heterocycles. The molecular formula is C23H27N3O4. The van der Waals surface area contributed by atoms with E-state index >= 15 is 0 Å². The number of nitrogens with zero attached hydrogens (tertiary/aromatic N) is 1. The topological polar surface area (TPSA) is 107 Å². The van der Waals surface area contributed by atoms with Gasteiger partial charge in [0.2, 0.25) is 0 Å². The van der Waals surface area contributed by atoms with Crippen LogP contribution in [0.1, 0.15) is 53.4 Å². The van der Waals surface area contributed by atoms with E-state index in [0.717, 1.165) is 60.8 Å². The van der Waals surface area contributed by atoms with Gasteiger partial charge in [-0.15, -0.1) is 0 Å². The van der Waals surface area contributed by atoms with Gasteiger partial charge in [0, 0.05) is 41.3 Å². The fourth-order valence-electron chi connectivity index (χ4n) is 4.46. The first kappa shape index (κ1) is 20.2. The van der Waals surface area contributed by atoms with E-state index in [1.54, 1.807) is 0 Å². The lowest BCUT2D eigenvalue weighted by atomic mass is 9.97. The summed E-state index contributed by atoms with van der Waals surface area (Å²) in [5, 5.41) is 24.5. The van der Waals surface area contributed by atoms with Crippen LogP contribution in [0.5, 0.6) is 5.75 Å². The summed E-state index contributed by atoms with van der Waals surface area (Å²) in [5.41, 5.74) is 3.97. The first-order chi connectivity index (χ1) is 14.4. The molecule has 0 spiro atoms. The Balaban J connectivity index is 1.84. The molecule has 0 radical (unpaired) electrons. The van der Waals surface area contributed by atoms with E-state index in [2.05, 4.69) is 34.9 Å². The Morgan fingerprint density at radius 1 is 1.27 bits per heavy atom. The summed E-state index contributed by atoms with van der Waals surface area (Å²) < 4.78 is 2.19. The molecule has 4 rings (SSSR count). The number of nitrogens with one attached hydrogen (secondary N) is 2. The van der Waals surface area contributed by atoms with Gasteiger partial charge in [0.1, 0.15) is 5.75 Å². The Kier molecular flexibility index (Phi) is 5.39. The molecule has 0 amide bonds. The van der Waals surface area contributed by atoms with Gasteiger partial charge in [0.25, 0.3) is 5.56 Å². The van der Waals surface area contributed by atoms with Crippen molar-refractivity contribution in [1.29, 1.82) is 0 Å². The number of fused-ring (bicyclic) bond motifs is 5. The lowest BCUT2D eigenvalue weighted by molar-refractivity contribution is 0.0691. The van der Waals surface area contributed by atoms with Gasteiger partial charge in [-0.2, -0.15) is 0 Å². The fraction of sp³-hybridized carbons (Fsp3) is 0.391. The minimum absolute atomic E-state index is 0.414. The molecule has 3 aromatic rings. The number of aromatic carboxylic acids is 1. The number of hydrogen-bond donors (Lipinski definition) is 4. The summed E-state index contributed by atoms with van der Waals surface area (Å²) in [5.74, 6) is -1.83. The average molecular weight is 409 g/mol. The fourth-order valence-corrected chi connectivity index (χ4v) is 4.46. The number of unbranched alkanes of at least 4 members (excludes halogenated alkanes) is 1. The van der Waals surface area contributed by atoms with Crippen molar-refractivity contribution in [2.24, 2.45) is 7.05 Å². The van der Waals surface area contributed by atoms with Crippen molar-refractivity contribution < 1.29 is 15.0 Å². The summed E-state index contributed by atoms with van der Waals surface area (Å²) in [6, 6.07) is 6.19. The molecule has 1 aliphatic rings. The van der Waals surface area contributed by atoms with Crippen molar-refractivity contribution in [3.63, 3.8) is 0 Å². The van der Waals surface area contributed by atoms with Gasteiger partial charge in [-0.25, -0.2) is 4.79 Å². The van der Waals surface area contributed by atoms with Crippen molar-refractivity contribution >= 4 is 16.9 Å². The van der Waals surface area contributed by atoms with E-state index in [9.17, 15) is 19.8 Å². The van der Waals surface area contributed by atoms with Crippen LogP contribution in [0, 0.1) is 0 Å². The number of rotatable bonds is 6. The van der Waals surface area contributed by atoms with Gasteiger partial charge in [-0.05, 0) is 49.9 Å². The number of benzene rings is 1. The van der Waals surface area contributed by atoms with Crippen LogP contribution in [-0.4, -0.2) is 32.3 Å². The van der Waals surface area contributed by atoms with E-state index < -0.39 is 22.8 Å². The van der Waals surface area contributed by atoms with Crippen LogP contribution in [0.3, 0.4) is 0 Å². The Bertz CT molecular complexity index is 1190. The average Bonchev–Trinajstić information content (AvgIpc) is 2.90. The van der Waals surface area contributed by atoms with Crippen molar-refractivity contribution in [3.8, 4) is 17.0 Å².